The smallest absolute Gasteiger partial charge is 0.115 e. The minimum Gasteiger partial charge on any atom is -0.115 e. The lowest BCUT2D eigenvalue weighted by Crippen LogP contribution is -1.76. The molecule has 43 valence electrons. The second-order valence-electron chi connectivity index (χ2n) is 1.55. The van der Waals surface area contributed by atoms with E-state index in [2.05, 4.69) is 12.7 Å². The number of rotatable bonds is 3. The van der Waals surface area contributed by atoms with E-state index in [-0.39, 0.29) is 17.0 Å². The molecular formula is C5H13AlBr. The standard InChI is InChI=1S/C4H9.CH3.Al.BrH/c1-3-4-2;;;/h1,3-4H2,2H3;1H3;;1H. The van der Waals surface area contributed by atoms with Crippen LogP contribution in [0.4, 0.5) is 0 Å². The van der Waals surface area contributed by atoms with Gasteiger partial charge < -0.3 is 0 Å². The summed E-state index contributed by atoms with van der Waals surface area (Å²) in [7, 11) is 0. The predicted molar refractivity (Wildman–Crippen MR) is 41.7 cm³/mol. The zero-order chi connectivity index (χ0) is 4.83. The molecule has 0 bridgehead atoms. The van der Waals surface area contributed by atoms with Crippen molar-refractivity contribution in [3.63, 3.8) is 0 Å². The monoisotopic (exact) mass is 179 g/mol. The highest BCUT2D eigenvalue weighted by atomic mass is 79.9. The lowest BCUT2D eigenvalue weighted by atomic mass is 10.4. The molecule has 0 amide bonds. The molecule has 0 saturated carbocycles. The van der Waals surface area contributed by atoms with Gasteiger partial charge in [-0.1, -0.05) is 19.8 Å². The van der Waals surface area contributed by atoms with E-state index in [4.69, 9.17) is 0 Å². The Bertz CT molecular complexity index is 20.0. The fourth-order valence-electron chi connectivity index (χ4n) is 0.408. The quantitative estimate of drug-likeness (QED) is 0.462. The van der Waals surface area contributed by atoms with Gasteiger partial charge in [0.05, 0.1) is 0 Å². The Morgan fingerprint density at radius 3 is 2.14 bits per heavy atom. The van der Waals surface area contributed by atoms with E-state index in [1.165, 1.54) is 18.1 Å². The average molecular weight is 180 g/mol. The summed E-state index contributed by atoms with van der Waals surface area (Å²) in [5.74, 6) is 2.32. The Hall–Kier alpha value is 1.01. The van der Waals surface area contributed by atoms with Crippen molar-refractivity contribution in [3.8, 4) is 0 Å². The lowest BCUT2D eigenvalue weighted by Gasteiger charge is -1.84. The van der Waals surface area contributed by atoms with Crippen LogP contribution in [0.2, 0.25) is 11.1 Å². The van der Waals surface area contributed by atoms with Crippen LogP contribution in [-0.2, 0) is 0 Å². The van der Waals surface area contributed by atoms with Crippen LogP contribution >= 0.6 is 17.0 Å². The largest absolute Gasteiger partial charge is 0.195 e. The van der Waals surface area contributed by atoms with Crippen molar-refractivity contribution in [3.05, 3.63) is 0 Å². The summed E-state index contributed by atoms with van der Waals surface area (Å²) in [6.45, 7) is 2.25. The van der Waals surface area contributed by atoms with Crippen molar-refractivity contribution in [2.24, 2.45) is 0 Å². The maximum atomic E-state index is 2.32. The second kappa shape index (κ2) is 10.1. The molecule has 0 nitrogen and oxygen atoms in total. The van der Waals surface area contributed by atoms with Crippen molar-refractivity contribution in [2.45, 2.75) is 30.8 Å². The van der Waals surface area contributed by atoms with E-state index < -0.39 is 0 Å². The van der Waals surface area contributed by atoms with Gasteiger partial charge in [-0.25, -0.2) is 0 Å². The minimum atomic E-state index is 0. The number of unbranched alkanes of at least 4 members (excludes halogenated alkanes) is 1. The van der Waals surface area contributed by atoms with Gasteiger partial charge in [-0.2, -0.15) is 0 Å². The third-order valence-corrected chi connectivity index (χ3v) is 1.83. The first kappa shape index (κ1) is 10.9. The Labute approximate surface area is 63.2 Å². The van der Waals surface area contributed by atoms with Gasteiger partial charge in [0.25, 0.3) is 0 Å². The highest BCUT2D eigenvalue weighted by molar-refractivity contribution is 8.93. The summed E-state index contributed by atoms with van der Waals surface area (Å²) in [6, 6.07) is 0. The average Bonchev–Trinajstić information content (AvgIpc) is 1.61. The number of halogens is 1. The van der Waals surface area contributed by atoms with E-state index in [1.54, 1.807) is 0 Å². The van der Waals surface area contributed by atoms with Crippen molar-refractivity contribution >= 4 is 32.2 Å². The lowest BCUT2D eigenvalue weighted by molar-refractivity contribution is 0.880. The summed E-state index contributed by atoms with van der Waals surface area (Å²) in [6.07, 6.45) is 2.83. The molecule has 0 rings (SSSR count). The van der Waals surface area contributed by atoms with Crippen LogP contribution in [0.1, 0.15) is 19.8 Å². The van der Waals surface area contributed by atoms with Crippen molar-refractivity contribution < 1.29 is 0 Å². The van der Waals surface area contributed by atoms with Crippen LogP contribution in [0, 0.1) is 0 Å². The fourth-order valence-corrected chi connectivity index (χ4v) is 1.22. The zero-order valence-corrected chi connectivity index (χ0v) is 7.97. The number of hydrogen-bond donors (Lipinski definition) is 0. The molecule has 0 N–H and O–H groups in total. The molecule has 0 fully saturated rings. The summed E-state index contributed by atoms with van der Waals surface area (Å²) in [4.78, 5) is 0. The zero-order valence-electron chi connectivity index (χ0n) is 5.11. The molecule has 0 spiro atoms. The first-order valence-electron chi connectivity index (χ1n) is 2.69. The van der Waals surface area contributed by atoms with Gasteiger partial charge in [-0.05, 0) is 0 Å². The summed E-state index contributed by atoms with van der Waals surface area (Å²) >= 11 is 0.784. The normalized spacial score (nSPS) is 7.14. The molecule has 0 aromatic carbocycles. The van der Waals surface area contributed by atoms with Crippen LogP contribution in [0.15, 0.2) is 0 Å². The van der Waals surface area contributed by atoms with Gasteiger partial charge in [0, 0.05) is 0 Å². The molecule has 0 atom stereocenters. The topological polar surface area (TPSA) is 0 Å². The fraction of sp³-hybridized carbons (Fsp3) is 1.00. The molecule has 0 heterocycles. The molecule has 1 radical (unpaired) electrons. The molecule has 7 heavy (non-hydrogen) atoms. The van der Waals surface area contributed by atoms with E-state index in [9.17, 15) is 0 Å². The first-order valence-corrected chi connectivity index (χ1v) is 4.66. The molecule has 0 unspecified atom stereocenters. The van der Waals surface area contributed by atoms with Crippen molar-refractivity contribution in [1.29, 1.82) is 0 Å². The Morgan fingerprint density at radius 1 is 1.43 bits per heavy atom. The van der Waals surface area contributed by atoms with Gasteiger partial charge >= 0.3 is 0 Å². The molecule has 2 heteroatoms. The summed E-state index contributed by atoms with van der Waals surface area (Å²) in [5.41, 5.74) is 0. The van der Waals surface area contributed by atoms with Crippen LogP contribution in [0.25, 0.3) is 0 Å². The predicted octanol–water partition coefficient (Wildman–Crippen LogP) is 2.54. The maximum Gasteiger partial charge on any atom is 0.195 e. The first-order chi connectivity index (χ1) is 2.91. The van der Waals surface area contributed by atoms with Gasteiger partial charge in [0.2, 0.25) is 0 Å². The Kier molecular flexibility index (Phi) is 15.7. The van der Waals surface area contributed by atoms with Gasteiger partial charge in [0.1, 0.15) is 0 Å². The molecule has 0 aromatic heterocycles. The van der Waals surface area contributed by atoms with Crippen LogP contribution in [-0.4, -0.2) is 15.2 Å². The van der Waals surface area contributed by atoms with Crippen molar-refractivity contribution in [2.75, 3.05) is 0 Å². The highest BCUT2D eigenvalue weighted by Crippen LogP contribution is 1.90. The van der Waals surface area contributed by atoms with Crippen molar-refractivity contribution in [1.82, 2.24) is 0 Å². The van der Waals surface area contributed by atoms with E-state index in [1.807, 2.05) is 0 Å². The SMILES string of the molecule is Br.CCC[CH2][Al][CH3]. The highest BCUT2D eigenvalue weighted by Gasteiger charge is 1.78. The van der Waals surface area contributed by atoms with Crippen LogP contribution in [0.3, 0.4) is 0 Å². The number of hydrogen-bond acceptors (Lipinski definition) is 0. The Balaban J connectivity index is 0. The Morgan fingerprint density at radius 2 is 2.00 bits per heavy atom. The van der Waals surface area contributed by atoms with Crippen LogP contribution < -0.4 is 0 Å². The molecule has 0 aliphatic carbocycles. The molecule has 0 aliphatic rings. The van der Waals surface area contributed by atoms with Crippen LogP contribution in [0.5, 0.6) is 0 Å². The van der Waals surface area contributed by atoms with Gasteiger partial charge in [-0.3, -0.25) is 0 Å². The molecule has 0 saturated heterocycles. The third kappa shape index (κ3) is 10.9. The van der Waals surface area contributed by atoms with E-state index >= 15 is 0 Å². The maximum absolute atomic E-state index is 2.32. The van der Waals surface area contributed by atoms with Gasteiger partial charge in [0.15, 0.2) is 15.2 Å². The summed E-state index contributed by atoms with van der Waals surface area (Å²) < 4.78 is 0. The summed E-state index contributed by atoms with van der Waals surface area (Å²) in [5, 5.41) is 1.50. The van der Waals surface area contributed by atoms with Gasteiger partial charge in [-0.15, -0.1) is 28.0 Å². The second-order valence-corrected chi connectivity index (χ2v) is 2.94. The third-order valence-electron chi connectivity index (χ3n) is 0.846. The minimum absolute atomic E-state index is 0. The molecule has 0 aromatic rings. The van der Waals surface area contributed by atoms with E-state index in [0.29, 0.717) is 0 Å². The molecular weight excluding hydrogens is 167 g/mol. The van der Waals surface area contributed by atoms with E-state index in [0.717, 1.165) is 15.2 Å². The molecule has 0 aliphatic heterocycles.